The second-order valence-electron chi connectivity index (χ2n) is 4.40. The van der Waals surface area contributed by atoms with Crippen molar-refractivity contribution in [2.75, 3.05) is 13.1 Å². The van der Waals surface area contributed by atoms with Crippen LogP contribution in [-0.2, 0) is 11.0 Å². The summed E-state index contributed by atoms with van der Waals surface area (Å²) in [5, 5.41) is 2.60. The van der Waals surface area contributed by atoms with Crippen LogP contribution in [0.2, 0.25) is 0 Å². The molecule has 0 radical (unpaired) electrons. The minimum atomic E-state index is -4.54. The second kappa shape index (κ2) is 5.10. The lowest BCUT2D eigenvalue weighted by Crippen LogP contribution is -2.55. The van der Waals surface area contributed by atoms with Gasteiger partial charge in [-0.25, -0.2) is 0 Å². The maximum atomic E-state index is 12.4. The molecule has 108 valence electrons. The lowest BCUT2D eigenvalue weighted by Gasteiger charge is -2.32. The average molecular weight is 287 g/mol. The quantitative estimate of drug-likeness (QED) is 0.840. The van der Waals surface area contributed by atoms with Crippen LogP contribution in [0.15, 0.2) is 18.3 Å². The van der Waals surface area contributed by atoms with Crippen LogP contribution in [0.4, 0.5) is 13.2 Å². The van der Waals surface area contributed by atoms with Crippen molar-refractivity contribution in [3.05, 3.63) is 29.6 Å². The predicted molar refractivity (Wildman–Crippen MR) is 62.7 cm³/mol. The van der Waals surface area contributed by atoms with Crippen LogP contribution in [0, 0.1) is 0 Å². The Labute approximate surface area is 112 Å². The normalized spacial score (nSPS) is 19.7. The fraction of sp³-hybridized carbons (Fsp3) is 0.417. The second-order valence-corrected chi connectivity index (χ2v) is 4.40. The maximum Gasteiger partial charge on any atom is 0.433 e. The molecule has 1 saturated heterocycles. The molecule has 0 aromatic carbocycles. The molecule has 2 amide bonds. The minimum absolute atomic E-state index is 0.0274. The van der Waals surface area contributed by atoms with Gasteiger partial charge >= 0.3 is 6.18 Å². The van der Waals surface area contributed by atoms with Gasteiger partial charge in [0, 0.05) is 19.3 Å². The molecule has 0 spiro atoms. The molecule has 2 heterocycles. The van der Waals surface area contributed by atoms with Crippen molar-refractivity contribution in [3.8, 4) is 0 Å². The summed E-state index contributed by atoms with van der Waals surface area (Å²) in [6, 6.07) is 1.16. The topological polar surface area (TPSA) is 62.3 Å². The van der Waals surface area contributed by atoms with E-state index in [0.717, 1.165) is 18.3 Å². The Balaban J connectivity index is 2.19. The molecule has 1 unspecified atom stereocenters. The number of halogens is 3. The van der Waals surface area contributed by atoms with Gasteiger partial charge in [-0.15, -0.1) is 0 Å². The SMILES string of the molecule is CC1C(=O)NCCN1C(=O)c1ccc(C(F)(F)F)nc1. The third-order valence-electron chi connectivity index (χ3n) is 3.06. The molecule has 1 aliphatic heterocycles. The van der Waals surface area contributed by atoms with Crippen molar-refractivity contribution in [1.29, 1.82) is 0 Å². The van der Waals surface area contributed by atoms with E-state index in [1.54, 1.807) is 6.92 Å². The fourth-order valence-corrected chi connectivity index (χ4v) is 1.91. The van der Waals surface area contributed by atoms with E-state index in [9.17, 15) is 22.8 Å². The Morgan fingerprint density at radius 3 is 2.70 bits per heavy atom. The number of carbonyl (C=O) groups is 2. The Morgan fingerprint density at radius 1 is 1.45 bits per heavy atom. The highest BCUT2D eigenvalue weighted by Crippen LogP contribution is 2.27. The summed E-state index contributed by atoms with van der Waals surface area (Å²) in [6.07, 6.45) is -3.66. The van der Waals surface area contributed by atoms with E-state index in [2.05, 4.69) is 10.3 Å². The molecule has 1 aliphatic rings. The standard InChI is InChI=1S/C12H12F3N3O2/c1-7-10(19)16-4-5-18(7)11(20)8-2-3-9(17-6-8)12(13,14)15/h2-3,6-7H,4-5H2,1H3,(H,16,19). The van der Waals surface area contributed by atoms with Gasteiger partial charge in [-0.1, -0.05) is 0 Å². The van der Waals surface area contributed by atoms with Crippen LogP contribution in [-0.4, -0.2) is 40.8 Å². The fourth-order valence-electron chi connectivity index (χ4n) is 1.91. The van der Waals surface area contributed by atoms with Gasteiger partial charge in [-0.05, 0) is 19.1 Å². The lowest BCUT2D eigenvalue weighted by molar-refractivity contribution is -0.141. The number of pyridine rings is 1. The minimum Gasteiger partial charge on any atom is -0.353 e. The molecule has 1 atom stereocenters. The van der Waals surface area contributed by atoms with Crippen molar-refractivity contribution in [2.24, 2.45) is 0 Å². The third-order valence-corrected chi connectivity index (χ3v) is 3.06. The lowest BCUT2D eigenvalue weighted by atomic mass is 10.1. The van der Waals surface area contributed by atoms with Crippen molar-refractivity contribution >= 4 is 11.8 Å². The van der Waals surface area contributed by atoms with Crippen LogP contribution in [0.1, 0.15) is 23.0 Å². The number of alkyl halides is 3. The zero-order valence-electron chi connectivity index (χ0n) is 10.6. The Morgan fingerprint density at radius 2 is 2.15 bits per heavy atom. The molecular weight excluding hydrogens is 275 g/mol. The van der Waals surface area contributed by atoms with E-state index >= 15 is 0 Å². The van der Waals surface area contributed by atoms with E-state index in [1.165, 1.54) is 4.90 Å². The summed E-state index contributed by atoms with van der Waals surface area (Å²) in [7, 11) is 0. The molecule has 1 aromatic rings. The highest BCUT2D eigenvalue weighted by atomic mass is 19.4. The molecule has 0 aliphatic carbocycles. The Bertz CT molecular complexity index is 528. The molecule has 0 saturated carbocycles. The van der Waals surface area contributed by atoms with Gasteiger partial charge in [0.25, 0.3) is 5.91 Å². The summed E-state index contributed by atoms with van der Waals surface area (Å²) < 4.78 is 37.1. The van der Waals surface area contributed by atoms with Gasteiger partial charge in [0.05, 0.1) is 5.56 Å². The number of aromatic nitrogens is 1. The first-order valence-corrected chi connectivity index (χ1v) is 5.92. The number of rotatable bonds is 1. The molecule has 8 heteroatoms. The van der Waals surface area contributed by atoms with Crippen molar-refractivity contribution in [2.45, 2.75) is 19.1 Å². The van der Waals surface area contributed by atoms with E-state index < -0.39 is 23.8 Å². The average Bonchev–Trinajstić information content (AvgIpc) is 2.40. The molecule has 2 rings (SSSR count). The van der Waals surface area contributed by atoms with Gasteiger partial charge in [0.2, 0.25) is 5.91 Å². The van der Waals surface area contributed by atoms with E-state index in [4.69, 9.17) is 0 Å². The molecule has 20 heavy (non-hydrogen) atoms. The highest BCUT2D eigenvalue weighted by Gasteiger charge is 2.33. The molecule has 5 nitrogen and oxygen atoms in total. The van der Waals surface area contributed by atoms with Crippen LogP contribution >= 0.6 is 0 Å². The van der Waals surface area contributed by atoms with Gasteiger partial charge in [0.1, 0.15) is 11.7 Å². The van der Waals surface area contributed by atoms with Crippen molar-refractivity contribution in [3.63, 3.8) is 0 Å². The number of hydrogen-bond acceptors (Lipinski definition) is 3. The first-order chi connectivity index (χ1) is 9.30. The summed E-state index contributed by atoms with van der Waals surface area (Å²) in [6.45, 7) is 2.19. The van der Waals surface area contributed by atoms with Gasteiger partial charge in [0.15, 0.2) is 0 Å². The zero-order valence-corrected chi connectivity index (χ0v) is 10.6. The Kier molecular flexibility index (Phi) is 3.65. The van der Waals surface area contributed by atoms with Crippen molar-refractivity contribution < 1.29 is 22.8 Å². The first-order valence-electron chi connectivity index (χ1n) is 5.92. The van der Waals surface area contributed by atoms with Crippen LogP contribution in [0.25, 0.3) is 0 Å². The van der Waals surface area contributed by atoms with Gasteiger partial charge in [-0.2, -0.15) is 13.2 Å². The third kappa shape index (κ3) is 2.73. The summed E-state index contributed by atoms with van der Waals surface area (Å²) in [4.78, 5) is 28.1. The number of nitrogens with zero attached hydrogens (tertiary/aromatic N) is 2. The predicted octanol–water partition coefficient (Wildman–Crippen LogP) is 1.06. The number of carbonyl (C=O) groups excluding carboxylic acids is 2. The summed E-state index contributed by atoms with van der Waals surface area (Å²) in [5.41, 5.74) is -1.03. The number of nitrogens with one attached hydrogen (secondary N) is 1. The summed E-state index contributed by atoms with van der Waals surface area (Å²) >= 11 is 0. The molecule has 1 N–H and O–H groups in total. The maximum absolute atomic E-state index is 12.4. The molecular formula is C12H12F3N3O2. The Hall–Kier alpha value is -2.12. The molecule has 1 fully saturated rings. The molecule has 1 aromatic heterocycles. The van der Waals surface area contributed by atoms with Crippen LogP contribution in [0.3, 0.4) is 0 Å². The van der Waals surface area contributed by atoms with E-state index in [1.807, 2.05) is 0 Å². The van der Waals surface area contributed by atoms with Crippen LogP contribution in [0.5, 0.6) is 0 Å². The van der Waals surface area contributed by atoms with Gasteiger partial charge in [-0.3, -0.25) is 14.6 Å². The molecule has 0 bridgehead atoms. The number of piperazine rings is 1. The zero-order chi connectivity index (χ0) is 14.9. The van der Waals surface area contributed by atoms with Crippen LogP contribution < -0.4 is 5.32 Å². The number of hydrogen-bond donors (Lipinski definition) is 1. The van der Waals surface area contributed by atoms with Gasteiger partial charge < -0.3 is 10.2 Å². The number of amides is 2. The largest absolute Gasteiger partial charge is 0.433 e. The summed E-state index contributed by atoms with van der Waals surface area (Å²) in [5.74, 6) is -0.793. The van der Waals surface area contributed by atoms with Crippen molar-refractivity contribution in [1.82, 2.24) is 15.2 Å². The first kappa shape index (κ1) is 14.3. The highest BCUT2D eigenvalue weighted by molar-refractivity contribution is 5.97. The van der Waals surface area contributed by atoms with E-state index in [0.29, 0.717) is 13.1 Å². The smallest absolute Gasteiger partial charge is 0.353 e. The monoisotopic (exact) mass is 287 g/mol. The van der Waals surface area contributed by atoms with E-state index in [-0.39, 0.29) is 11.5 Å².